The zero-order valence-corrected chi connectivity index (χ0v) is 18.8. The average Bonchev–Trinajstić information content (AvgIpc) is 3.18. The van der Waals surface area contributed by atoms with Crippen molar-refractivity contribution in [3.8, 4) is 17.2 Å². The first-order chi connectivity index (χ1) is 14.7. The number of benzene rings is 1. The molecule has 0 fully saturated rings. The Kier molecular flexibility index (Phi) is 8.32. The van der Waals surface area contributed by atoms with E-state index < -0.39 is 5.91 Å². The van der Waals surface area contributed by atoms with Gasteiger partial charge < -0.3 is 24.3 Å². The molecule has 0 spiro atoms. The summed E-state index contributed by atoms with van der Waals surface area (Å²) in [5.41, 5.74) is -0.0255. The number of anilines is 1. The third-order valence-electron chi connectivity index (χ3n) is 4.80. The Labute approximate surface area is 182 Å². The van der Waals surface area contributed by atoms with E-state index >= 15 is 0 Å². The third-order valence-corrected chi connectivity index (χ3v) is 4.80. The first-order valence-electron chi connectivity index (χ1n) is 10.1. The molecule has 1 aromatic heterocycles. The fourth-order valence-corrected chi connectivity index (χ4v) is 3.25. The van der Waals surface area contributed by atoms with Crippen LogP contribution in [0.4, 0.5) is 5.88 Å². The predicted octanol–water partition coefficient (Wildman–Crippen LogP) is 3.10. The summed E-state index contributed by atoms with van der Waals surface area (Å²) in [4.78, 5) is 27.1. The van der Waals surface area contributed by atoms with Crippen LogP contribution in [0.25, 0.3) is 0 Å². The number of phenolic OH excluding ortho intramolecular Hbond substituents is 1. The van der Waals surface area contributed by atoms with Gasteiger partial charge in [-0.1, -0.05) is 0 Å². The zero-order chi connectivity index (χ0) is 23.1. The summed E-state index contributed by atoms with van der Waals surface area (Å²) >= 11 is 0. The molecule has 0 aliphatic rings. The Hall–Kier alpha value is -3.20. The lowest BCUT2D eigenvalue weighted by Gasteiger charge is -2.30. The minimum absolute atomic E-state index is 0.0255. The summed E-state index contributed by atoms with van der Waals surface area (Å²) < 4.78 is 15.7. The van der Waals surface area contributed by atoms with Crippen LogP contribution < -0.4 is 20.1 Å². The number of nitrogens with one attached hydrogen (secondary N) is 2. The second kappa shape index (κ2) is 10.7. The van der Waals surface area contributed by atoms with Crippen LogP contribution in [0.3, 0.4) is 0 Å². The van der Waals surface area contributed by atoms with Gasteiger partial charge in [0.05, 0.1) is 19.8 Å². The molecule has 0 atom stereocenters. The Bertz CT molecular complexity index is 899. The predicted molar refractivity (Wildman–Crippen MR) is 117 cm³/mol. The molecule has 0 unspecified atom stereocenters. The summed E-state index contributed by atoms with van der Waals surface area (Å²) in [5.74, 6) is -0.530. The van der Waals surface area contributed by atoms with E-state index in [-0.39, 0.29) is 28.9 Å². The largest absolute Gasteiger partial charge is 0.507 e. The van der Waals surface area contributed by atoms with Gasteiger partial charge in [-0.3, -0.25) is 19.8 Å². The van der Waals surface area contributed by atoms with E-state index in [2.05, 4.69) is 43.2 Å². The minimum Gasteiger partial charge on any atom is -0.507 e. The lowest BCUT2D eigenvalue weighted by molar-refractivity contribution is 0.0910. The quantitative estimate of drug-likeness (QED) is 0.528. The van der Waals surface area contributed by atoms with Crippen LogP contribution in [-0.4, -0.2) is 61.2 Å². The summed E-state index contributed by atoms with van der Waals surface area (Å²) in [5, 5.41) is 15.4. The maximum Gasteiger partial charge on any atom is 0.287 e. The Morgan fingerprint density at radius 3 is 2.23 bits per heavy atom. The number of aromatic hydroxyl groups is 1. The molecule has 1 aromatic carbocycles. The summed E-state index contributed by atoms with van der Waals surface area (Å²) in [6.07, 6.45) is 0. The molecule has 2 rings (SSSR count). The number of methoxy groups -OCH3 is 2. The molecule has 0 bridgehead atoms. The van der Waals surface area contributed by atoms with Crippen LogP contribution in [-0.2, 0) is 0 Å². The molecule has 170 valence electrons. The molecule has 0 radical (unpaired) electrons. The molecule has 0 aliphatic heterocycles. The van der Waals surface area contributed by atoms with Gasteiger partial charge in [-0.2, -0.15) is 0 Å². The van der Waals surface area contributed by atoms with Crippen LogP contribution in [0, 0.1) is 0 Å². The molecule has 0 saturated heterocycles. The average molecular weight is 434 g/mol. The molecule has 1 heterocycles. The molecule has 2 amide bonds. The van der Waals surface area contributed by atoms with Gasteiger partial charge in [-0.25, -0.2) is 0 Å². The summed E-state index contributed by atoms with van der Waals surface area (Å²) in [6.45, 7) is 9.62. The normalized spacial score (nSPS) is 11.1. The SMILES string of the molecule is COc1cc(O)c(C(=O)Nc2ccc(C(=O)NCCN(C(C)C)C(C)C)o2)cc1OC. The second-order valence-corrected chi connectivity index (χ2v) is 7.52. The van der Waals surface area contributed by atoms with Crippen molar-refractivity contribution in [1.29, 1.82) is 0 Å². The molecule has 9 nitrogen and oxygen atoms in total. The molecule has 9 heteroatoms. The Balaban J connectivity index is 2.00. The number of carbonyl (C=O) groups is 2. The van der Waals surface area contributed by atoms with Crippen molar-refractivity contribution in [3.63, 3.8) is 0 Å². The summed E-state index contributed by atoms with van der Waals surface area (Å²) in [7, 11) is 2.85. The smallest absolute Gasteiger partial charge is 0.287 e. The number of amides is 2. The molecule has 3 N–H and O–H groups in total. The van der Waals surface area contributed by atoms with Gasteiger partial charge in [0.15, 0.2) is 17.3 Å². The number of furan rings is 1. The van der Waals surface area contributed by atoms with E-state index in [0.717, 1.165) is 0 Å². The van der Waals surface area contributed by atoms with E-state index in [0.29, 0.717) is 36.7 Å². The molecule has 2 aromatic rings. The fourth-order valence-electron chi connectivity index (χ4n) is 3.25. The van der Waals surface area contributed by atoms with Crippen LogP contribution in [0.1, 0.15) is 48.6 Å². The van der Waals surface area contributed by atoms with Gasteiger partial charge in [0.1, 0.15) is 5.75 Å². The van der Waals surface area contributed by atoms with Crippen LogP contribution in [0.2, 0.25) is 0 Å². The van der Waals surface area contributed by atoms with Crippen molar-refractivity contribution in [2.45, 2.75) is 39.8 Å². The fraction of sp³-hybridized carbons (Fsp3) is 0.455. The van der Waals surface area contributed by atoms with E-state index in [4.69, 9.17) is 13.9 Å². The van der Waals surface area contributed by atoms with Crippen LogP contribution >= 0.6 is 0 Å². The Morgan fingerprint density at radius 2 is 1.65 bits per heavy atom. The van der Waals surface area contributed by atoms with Gasteiger partial charge in [-0.05, 0) is 33.8 Å². The number of phenols is 1. The lowest BCUT2D eigenvalue weighted by atomic mass is 10.1. The molecule has 31 heavy (non-hydrogen) atoms. The highest BCUT2D eigenvalue weighted by atomic mass is 16.5. The van der Waals surface area contributed by atoms with E-state index in [1.807, 2.05) is 0 Å². The maximum absolute atomic E-state index is 12.5. The highest BCUT2D eigenvalue weighted by molar-refractivity contribution is 6.06. The van der Waals surface area contributed by atoms with Crippen molar-refractivity contribution < 1.29 is 28.6 Å². The highest BCUT2D eigenvalue weighted by Crippen LogP contribution is 2.34. The zero-order valence-electron chi connectivity index (χ0n) is 18.8. The van der Waals surface area contributed by atoms with Gasteiger partial charge in [-0.15, -0.1) is 0 Å². The third kappa shape index (κ3) is 6.14. The number of rotatable bonds is 10. The number of hydrogen-bond donors (Lipinski definition) is 3. The van der Waals surface area contributed by atoms with Gasteiger partial charge >= 0.3 is 0 Å². The summed E-state index contributed by atoms with van der Waals surface area (Å²) in [6, 6.07) is 6.33. The standard InChI is InChI=1S/C22H31N3O6/c1-13(2)25(14(3)4)10-9-23-22(28)17-7-8-20(31-17)24-21(27)15-11-18(29-5)19(30-6)12-16(15)26/h7-8,11-14,26H,9-10H2,1-6H3,(H,23,28)(H,24,27). The number of nitrogens with zero attached hydrogens (tertiary/aromatic N) is 1. The van der Waals surface area contributed by atoms with E-state index in [1.54, 1.807) is 0 Å². The molecule has 0 aliphatic carbocycles. The topological polar surface area (TPSA) is 113 Å². The Morgan fingerprint density at radius 1 is 1.03 bits per heavy atom. The van der Waals surface area contributed by atoms with E-state index in [9.17, 15) is 14.7 Å². The second-order valence-electron chi connectivity index (χ2n) is 7.52. The van der Waals surface area contributed by atoms with Crippen molar-refractivity contribution in [3.05, 3.63) is 35.6 Å². The lowest BCUT2D eigenvalue weighted by Crippen LogP contribution is -2.42. The van der Waals surface area contributed by atoms with Gasteiger partial charge in [0.2, 0.25) is 5.88 Å². The highest BCUT2D eigenvalue weighted by Gasteiger charge is 2.19. The maximum atomic E-state index is 12.5. The molecular formula is C22H31N3O6. The first-order valence-corrected chi connectivity index (χ1v) is 10.1. The number of hydrogen-bond acceptors (Lipinski definition) is 7. The van der Waals surface area contributed by atoms with Crippen molar-refractivity contribution in [2.75, 3.05) is 32.6 Å². The number of carbonyl (C=O) groups excluding carboxylic acids is 2. The van der Waals surface area contributed by atoms with Crippen molar-refractivity contribution >= 4 is 17.7 Å². The van der Waals surface area contributed by atoms with Crippen LogP contribution in [0.5, 0.6) is 17.2 Å². The molecular weight excluding hydrogens is 402 g/mol. The number of ether oxygens (including phenoxy) is 2. The minimum atomic E-state index is -0.621. The first kappa shape index (κ1) is 24.1. The van der Waals surface area contributed by atoms with E-state index in [1.165, 1.54) is 38.5 Å². The molecule has 0 saturated carbocycles. The van der Waals surface area contributed by atoms with Crippen molar-refractivity contribution in [1.82, 2.24) is 10.2 Å². The van der Waals surface area contributed by atoms with Gasteiger partial charge in [0.25, 0.3) is 11.8 Å². The van der Waals surface area contributed by atoms with Gasteiger partial charge in [0, 0.05) is 43.4 Å². The van der Waals surface area contributed by atoms with Crippen molar-refractivity contribution in [2.24, 2.45) is 0 Å². The van der Waals surface area contributed by atoms with Crippen LogP contribution in [0.15, 0.2) is 28.7 Å². The monoisotopic (exact) mass is 433 g/mol.